The molecule has 0 amide bonds. The topological polar surface area (TPSA) is 71.8 Å². The number of nitrogens with zero attached hydrogens (tertiary/aromatic N) is 6. The van der Waals surface area contributed by atoms with Gasteiger partial charge < -0.3 is 14.8 Å². The maximum atomic E-state index is 4.63. The quantitative estimate of drug-likeness (QED) is 0.767. The summed E-state index contributed by atoms with van der Waals surface area (Å²) in [6.45, 7) is 2.51. The van der Waals surface area contributed by atoms with Crippen molar-refractivity contribution in [2.45, 2.75) is 13.1 Å². The lowest BCUT2D eigenvalue weighted by atomic mass is 10.3. The van der Waals surface area contributed by atoms with Crippen molar-refractivity contribution in [3.8, 4) is 0 Å². The Balaban J connectivity index is 1.80. The Bertz CT molecular complexity index is 762. The van der Waals surface area contributed by atoms with Gasteiger partial charge in [0.2, 0.25) is 5.95 Å². The van der Waals surface area contributed by atoms with E-state index in [9.17, 15) is 0 Å². The summed E-state index contributed by atoms with van der Waals surface area (Å²) in [6.07, 6.45) is 1.78. The Morgan fingerprint density at radius 2 is 2.25 bits per heavy atom. The summed E-state index contributed by atoms with van der Waals surface area (Å²) in [5.74, 6) is 2.60. The largest absolute Gasteiger partial charge is 0.357 e. The smallest absolute Gasteiger partial charge is 0.225 e. The molecule has 0 bridgehead atoms. The average molecular weight is 287 g/mol. The monoisotopic (exact) mass is 287 g/mol. The van der Waals surface area contributed by atoms with Crippen molar-refractivity contribution in [2.75, 3.05) is 23.8 Å². The van der Waals surface area contributed by atoms with Gasteiger partial charge in [0.15, 0.2) is 5.82 Å². The third-order valence-electron chi connectivity index (χ3n) is 3.47. The number of anilines is 2. The van der Waals surface area contributed by atoms with Crippen molar-refractivity contribution in [1.29, 1.82) is 0 Å². The number of aromatic nitrogens is 5. The minimum absolute atomic E-state index is 0.655. The maximum absolute atomic E-state index is 4.63. The molecule has 0 radical (unpaired) electrons. The van der Waals surface area contributed by atoms with Crippen molar-refractivity contribution < 1.29 is 0 Å². The Hall–Kier alpha value is -2.22. The van der Waals surface area contributed by atoms with Crippen LogP contribution in [0, 0.1) is 0 Å². The molecule has 7 nitrogen and oxygen atoms in total. The predicted molar refractivity (Wildman–Crippen MR) is 78.0 cm³/mol. The van der Waals surface area contributed by atoms with E-state index in [0.29, 0.717) is 5.95 Å². The standard InChI is InChI=1S/C12H13N7S/c1-13-12-15-10(8-2-5-20-11(8)16-12)18-3-4-19-7-14-17-9(19)6-18/h2,5,7H,3-4,6H2,1H3,(H,13,15,16). The molecule has 8 heteroatoms. The van der Waals surface area contributed by atoms with Crippen LogP contribution in [0.25, 0.3) is 10.2 Å². The van der Waals surface area contributed by atoms with Crippen molar-refractivity contribution in [2.24, 2.45) is 0 Å². The Labute approximate surface area is 119 Å². The van der Waals surface area contributed by atoms with Crippen molar-refractivity contribution in [3.63, 3.8) is 0 Å². The van der Waals surface area contributed by atoms with E-state index in [1.807, 2.05) is 7.05 Å². The van der Waals surface area contributed by atoms with Crippen LogP contribution in [0.3, 0.4) is 0 Å². The molecule has 102 valence electrons. The normalized spacial score (nSPS) is 14.6. The summed E-state index contributed by atoms with van der Waals surface area (Å²) in [5, 5.41) is 14.3. The first-order valence-electron chi connectivity index (χ1n) is 6.40. The lowest BCUT2D eigenvalue weighted by Crippen LogP contribution is -2.34. The molecule has 3 aromatic heterocycles. The van der Waals surface area contributed by atoms with E-state index in [-0.39, 0.29) is 0 Å². The molecule has 0 atom stereocenters. The maximum Gasteiger partial charge on any atom is 0.225 e. The molecule has 0 unspecified atom stereocenters. The van der Waals surface area contributed by atoms with E-state index < -0.39 is 0 Å². The summed E-state index contributed by atoms with van der Waals surface area (Å²) < 4.78 is 2.08. The Morgan fingerprint density at radius 3 is 3.15 bits per heavy atom. The zero-order valence-electron chi connectivity index (χ0n) is 10.9. The number of hydrogen-bond acceptors (Lipinski definition) is 7. The van der Waals surface area contributed by atoms with Crippen LogP contribution in [0.1, 0.15) is 5.82 Å². The van der Waals surface area contributed by atoms with Crippen LogP contribution in [0.5, 0.6) is 0 Å². The molecule has 0 saturated carbocycles. The minimum Gasteiger partial charge on any atom is -0.357 e. The van der Waals surface area contributed by atoms with Crippen LogP contribution >= 0.6 is 11.3 Å². The predicted octanol–water partition coefficient (Wildman–Crippen LogP) is 1.34. The summed E-state index contributed by atoms with van der Waals surface area (Å²) in [6, 6.07) is 2.08. The molecule has 1 aliphatic heterocycles. The van der Waals surface area contributed by atoms with Crippen LogP contribution < -0.4 is 10.2 Å². The minimum atomic E-state index is 0.655. The van der Waals surface area contributed by atoms with E-state index in [2.05, 4.69) is 46.4 Å². The van der Waals surface area contributed by atoms with Gasteiger partial charge in [0.1, 0.15) is 17.0 Å². The van der Waals surface area contributed by atoms with Gasteiger partial charge in [0, 0.05) is 20.1 Å². The zero-order valence-corrected chi connectivity index (χ0v) is 11.8. The van der Waals surface area contributed by atoms with E-state index in [0.717, 1.165) is 41.5 Å². The van der Waals surface area contributed by atoms with Gasteiger partial charge in [0.25, 0.3) is 0 Å². The number of fused-ring (bicyclic) bond motifs is 2. The van der Waals surface area contributed by atoms with Crippen LogP contribution in [0.15, 0.2) is 17.8 Å². The van der Waals surface area contributed by atoms with Gasteiger partial charge in [-0.05, 0) is 11.4 Å². The molecule has 4 rings (SSSR count). The van der Waals surface area contributed by atoms with E-state index >= 15 is 0 Å². The first-order chi connectivity index (χ1) is 9.85. The molecule has 1 N–H and O–H groups in total. The second-order valence-corrected chi connectivity index (χ2v) is 5.52. The van der Waals surface area contributed by atoms with E-state index in [1.54, 1.807) is 17.7 Å². The molecule has 4 heterocycles. The molecular weight excluding hydrogens is 274 g/mol. The van der Waals surface area contributed by atoms with Gasteiger partial charge in [-0.2, -0.15) is 4.98 Å². The zero-order chi connectivity index (χ0) is 13.5. The summed E-state index contributed by atoms with van der Waals surface area (Å²) >= 11 is 1.63. The lowest BCUT2D eigenvalue weighted by Gasteiger charge is -2.28. The SMILES string of the molecule is CNc1nc(N2CCn3cnnc3C2)c2ccsc2n1. The Morgan fingerprint density at radius 1 is 1.30 bits per heavy atom. The van der Waals surface area contributed by atoms with Crippen LogP contribution in [0.2, 0.25) is 0 Å². The van der Waals surface area contributed by atoms with Gasteiger partial charge in [-0.3, -0.25) is 0 Å². The second kappa shape index (κ2) is 4.41. The van der Waals surface area contributed by atoms with Crippen molar-refractivity contribution in [1.82, 2.24) is 24.7 Å². The molecule has 0 aliphatic carbocycles. The lowest BCUT2D eigenvalue weighted by molar-refractivity contribution is 0.557. The number of nitrogens with one attached hydrogen (secondary N) is 1. The van der Waals surface area contributed by atoms with Crippen LogP contribution in [-0.2, 0) is 13.1 Å². The molecule has 20 heavy (non-hydrogen) atoms. The number of thiophene rings is 1. The first kappa shape index (κ1) is 11.6. The fourth-order valence-corrected chi connectivity index (χ4v) is 3.20. The van der Waals surface area contributed by atoms with Gasteiger partial charge >= 0.3 is 0 Å². The van der Waals surface area contributed by atoms with Gasteiger partial charge in [-0.1, -0.05) is 0 Å². The molecular formula is C12H13N7S. The highest BCUT2D eigenvalue weighted by Crippen LogP contribution is 2.30. The van der Waals surface area contributed by atoms with Crippen LogP contribution in [-0.4, -0.2) is 38.3 Å². The fourth-order valence-electron chi connectivity index (χ4n) is 2.44. The third kappa shape index (κ3) is 1.72. The molecule has 1 aliphatic rings. The highest BCUT2D eigenvalue weighted by Gasteiger charge is 2.21. The van der Waals surface area contributed by atoms with Gasteiger partial charge in [-0.25, -0.2) is 4.98 Å². The van der Waals surface area contributed by atoms with Crippen molar-refractivity contribution in [3.05, 3.63) is 23.6 Å². The first-order valence-corrected chi connectivity index (χ1v) is 7.28. The Kier molecular flexibility index (Phi) is 2.56. The molecule has 0 saturated heterocycles. The van der Waals surface area contributed by atoms with Gasteiger partial charge in [0.05, 0.1) is 11.9 Å². The highest BCUT2D eigenvalue weighted by molar-refractivity contribution is 7.16. The number of hydrogen-bond donors (Lipinski definition) is 1. The fraction of sp³-hybridized carbons (Fsp3) is 0.333. The summed E-state index contributed by atoms with van der Waals surface area (Å²) in [7, 11) is 1.84. The summed E-state index contributed by atoms with van der Waals surface area (Å²) in [5.41, 5.74) is 0. The third-order valence-corrected chi connectivity index (χ3v) is 4.27. The number of rotatable bonds is 2. The molecule has 0 fully saturated rings. The average Bonchev–Trinajstić information content (AvgIpc) is 3.13. The molecule has 3 aromatic rings. The van der Waals surface area contributed by atoms with E-state index in [4.69, 9.17) is 0 Å². The van der Waals surface area contributed by atoms with Gasteiger partial charge in [-0.15, -0.1) is 21.5 Å². The molecule has 0 aromatic carbocycles. The van der Waals surface area contributed by atoms with Crippen molar-refractivity contribution >= 4 is 33.3 Å². The molecule has 0 spiro atoms. The van der Waals surface area contributed by atoms with E-state index in [1.165, 1.54) is 0 Å². The highest BCUT2D eigenvalue weighted by atomic mass is 32.1. The summed E-state index contributed by atoms with van der Waals surface area (Å²) in [4.78, 5) is 12.3. The second-order valence-electron chi connectivity index (χ2n) is 4.62. The van der Waals surface area contributed by atoms with Crippen LogP contribution in [0.4, 0.5) is 11.8 Å².